The number of benzene rings is 1. The average molecular weight is 260 g/mol. The van der Waals surface area contributed by atoms with Gasteiger partial charge in [-0.3, -0.25) is 9.69 Å². The minimum absolute atomic E-state index is 0.423. The van der Waals surface area contributed by atoms with E-state index in [0.717, 1.165) is 25.3 Å². The third kappa shape index (κ3) is 2.26. The van der Waals surface area contributed by atoms with E-state index >= 15 is 0 Å². The predicted molar refractivity (Wildman–Crippen MR) is 76.2 cm³/mol. The normalized spacial score (nSPS) is 23.4. The number of nitrogen functional groups attached to an aromatic ring is 1. The highest BCUT2D eigenvalue weighted by atomic mass is 16.1. The van der Waals surface area contributed by atoms with Crippen LogP contribution >= 0.6 is 0 Å². The molecule has 2 saturated heterocycles. The van der Waals surface area contributed by atoms with Gasteiger partial charge < -0.3 is 16.4 Å². The number of hydrogen-bond donors (Lipinski definition) is 2. The molecular weight excluding hydrogens is 240 g/mol. The zero-order valence-electron chi connectivity index (χ0n) is 11.0. The lowest BCUT2D eigenvalue weighted by Gasteiger charge is -2.39. The molecular formula is C14H20N4O. The fourth-order valence-corrected chi connectivity index (χ4v) is 3.18. The maximum Gasteiger partial charge on any atom is 0.250 e. The van der Waals surface area contributed by atoms with E-state index in [-0.39, 0.29) is 0 Å². The highest BCUT2D eigenvalue weighted by molar-refractivity contribution is 5.99. The smallest absolute Gasteiger partial charge is 0.250 e. The molecule has 0 saturated carbocycles. The molecule has 0 bridgehead atoms. The minimum Gasteiger partial charge on any atom is -0.398 e. The number of nitrogens with zero attached hydrogens (tertiary/aromatic N) is 2. The summed E-state index contributed by atoms with van der Waals surface area (Å²) in [6, 6.07) is 6.23. The summed E-state index contributed by atoms with van der Waals surface area (Å²) in [5.74, 6) is -0.459. The van der Waals surface area contributed by atoms with Gasteiger partial charge in [-0.15, -0.1) is 0 Å². The van der Waals surface area contributed by atoms with Gasteiger partial charge in [0.1, 0.15) is 0 Å². The number of carbonyl (C=O) groups excluding carboxylic acids is 1. The van der Waals surface area contributed by atoms with Crippen LogP contribution in [0.15, 0.2) is 18.2 Å². The molecule has 5 heteroatoms. The van der Waals surface area contributed by atoms with Crippen LogP contribution in [-0.4, -0.2) is 43.0 Å². The van der Waals surface area contributed by atoms with Gasteiger partial charge in [0.2, 0.25) is 0 Å². The molecule has 4 N–H and O–H groups in total. The molecule has 1 atom stereocenters. The summed E-state index contributed by atoms with van der Waals surface area (Å²) >= 11 is 0. The zero-order chi connectivity index (χ0) is 13.4. The van der Waals surface area contributed by atoms with Crippen molar-refractivity contribution in [2.24, 2.45) is 5.73 Å². The second kappa shape index (κ2) is 4.74. The molecule has 3 rings (SSSR count). The SMILES string of the molecule is NC(=O)c1cc(N2CCN3CCCC3C2)ccc1N. The molecule has 102 valence electrons. The van der Waals surface area contributed by atoms with Gasteiger partial charge in [-0.25, -0.2) is 0 Å². The summed E-state index contributed by atoms with van der Waals surface area (Å²) in [4.78, 5) is 16.2. The Labute approximate surface area is 113 Å². The second-order valence-electron chi connectivity index (χ2n) is 5.41. The number of piperazine rings is 1. The molecule has 2 fully saturated rings. The van der Waals surface area contributed by atoms with Crippen molar-refractivity contribution in [3.05, 3.63) is 23.8 Å². The molecule has 1 unspecified atom stereocenters. The van der Waals surface area contributed by atoms with Gasteiger partial charge in [0.25, 0.3) is 5.91 Å². The first-order valence-electron chi connectivity index (χ1n) is 6.83. The molecule has 2 aliphatic rings. The van der Waals surface area contributed by atoms with Crippen LogP contribution < -0.4 is 16.4 Å². The number of amides is 1. The summed E-state index contributed by atoms with van der Waals surface area (Å²) in [6.45, 7) is 4.36. The lowest BCUT2D eigenvalue weighted by molar-refractivity contribution is 0.100. The van der Waals surface area contributed by atoms with Crippen molar-refractivity contribution < 1.29 is 4.79 Å². The first-order chi connectivity index (χ1) is 9.15. The summed E-state index contributed by atoms with van der Waals surface area (Å²) in [5.41, 5.74) is 13.1. The first-order valence-corrected chi connectivity index (χ1v) is 6.83. The van der Waals surface area contributed by atoms with Crippen molar-refractivity contribution in [2.75, 3.05) is 36.8 Å². The predicted octanol–water partition coefficient (Wildman–Crippen LogP) is 0.652. The zero-order valence-corrected chi connectivity index (χ0v) is 11.0. The molecule has 0 aliphatic carbocycles. The van der Waals surface area contributed by atoms with Crippen molar-refractivity contribution in [3.8, 4) is 0 Å². The molecule has 1 aromatic carbocycles. The molecule has 2 aliphatic heterocycles. The minimum atomic E-state index is -0.459. The topological polar surface area (TPSA) is 75.6 Å². The van der Waals surface area contributed by atoms with Gasteiger partial charge in [-0.05, 0) is 37.6 Å². The summed E-state index contributed by atoms with van der Waals surface area (Å²) in [5, 5.41) is 0. The number of hydrogen-bond acceptors (Lipinski definition) is 4. The van der Waals surface area contributed by atoms with E-state index in [4.69, 9.17) is 11.5 Å². The van der Waals surface area contributed by atoms with E-state index < -0.39 is 5.91 Å². The van der Waals surface area contributed by atoms with E-state index in [2.05, 4.69) is 9.80 Å². The van der Waals surface area contributed by atoms with Gasteiger partial charge in [0, 0.05) is 37.1 Å². The van der Waals surface area contributed by atoms with Crippen LogP contribution in [0, 0.1) is 0 Å². The Balaban J connectivity index is 1.82. The fourth-order valence-electron chi connectivity index (χ4n) is 3.18. The Morgan fingerprint density at radius 2 is 2.11 bits per heavy atom. The Kier molecular flexibility index (Phi) is 3.06. The molecule has 1 amide bonds. The summed E-state index contributed by atoms with van der Waals surface area (Å²) in [6.07, 6.45) is 2.57. The maximum atomic E-state index is 11.4. The van der Waals surface area contributed by atoms with Crippen molar-refractivity contribution in [1.82, 2.24) is 4.90 Å². The van der Waals surface area contributed by atoms with E-state index in [0.29, 0.717) is 17.3 Å². The molecule has 2 heterocycles. The maximum absolute atomic E-state index is 11.4. The van der Waals surface area contributed by atoms with Gasteiger partial charge in [-0.1, -0.05) is 0 Å². The quantitative estimate of drug-likeness (QED) is 0.766. The van der Waals surface area contributed by atoms with Crippen molar-refractivity contribution in [1.29, 1.82) is 0 Å². The second-order valence-corrected chi connectivity index (χ2v) is 5.41. The van der Waals surface area contributed by atoms with Crippen LogP contribution in [0.4, 0.5) is 11.4 Å². The van der Waals surface area contributed by atoms with Gasteiger partial charge in [0.15, 0.2) is 0 Å². The number of anilines is 2. The molecule has 0 radical (unpaired) electrons. The molecule has 1 aromatic rings. The number of fused-ring (bicyclic) bond motifs is 1. The summed E-state index contributed by atoms with van der Waals surface area (Å²) in [7, 11) is 0. The molecule has 19 heavy (non-hydrogen) atoms. The first kappa shape index (κ1) is 12.3. The third-order valence-electron chi connectivity index (χ3n) is 4.25. The van der Waals surface area contributed by atoms with E-state index in [9.17, 15) is 4.79 Å². The van der Waals surface area contributed by atoms with Gasteiger partial charge in [-0.2, -0.15) is 0 Å². The van der Waals surface area contributed by atoms with Crippen LogP contribution in [0.2, 0.25) is 0 Å². The van der Waals surface area contributed by atoms with Crippen molar-refractivity contribution >= 4 is 17.3 Å². The van der Waals surface area contributed by atoms with Gasteiger partial charge in [0.05, 0.1) is 5.56 Å². The standard InChI is InChI=1S/C14H20N4O/c15-13-4-3-10(8-12(13)14(16)19)18-7-6-17-5-1-2-11(17)9-18/h3-4,8,11H,1-2,5-7,9,15H2,(H2,16,19). The largest absolute Gasteiger partial charge is 0.398 e. The molecule has 0 aromatic heterocycles. The van der Waals surface area contributed by atoms with Crippen molar-refractivity contribution in [2.45, 2.75) is 18.9 Å². The van der Waals surface area contributed by atoms with Crippen LogP contribution in [0.25, 0.3) is 0 Å². The third-order valence-corrected chi connectivity index (χ3v) is 4.25. The molecule has 5 nitrogen and oxygen atoms in total. The highest BCUT2D eigenvalue weighted by Gasteiger charge is 2.30. The number of nitrogens with two attached hydrogens (primary N) is 2. The lowest BCUT2D eigenvalue weighted by atomic mass is 10.1. The van der Waals surface area contributed by atoms with E-state index in [1.54, 1.807) is 6.07 Å². The lowest BCUT2D eigenvalue weighted by Crippen LogP contribution is -2.50. The highest BCUT2D eigenvalue weighted by Crippen LogP contribution is 2.27. The van der Waals surface area contributed by atoms with E-state index in [1.807, 2.05) is 12.1 Å². The van der Waals surface area contributed by atoms with E-state index in [1.165, 1.54) is 19.4 Å². The van der Waals surface area contributed by atoms with Crippen LogP contribution in [-0.2, 0) is 0 Å². The monoisotopic (exact) mass is 260 g/mol. The number of rotatable bonds is 2. The number of carbonyl (C=O) groups is 1. The Hall–Kier alpha value is -1.75. The van der Waals surface area contributed by atoms with Crippen LogP contribution in [0.5, 0.6) is 0 Å². The molecule has 0 spiro atoms. The summed E-state index contributed by atoms with van der Waals surface area (Å²) < 4.78 is 0. The van der Waals surface area contributed by atoms with Gasteiger partial charge >= 0.3 is 0 Å². The fraction of sp³-hybridized carbons (Fsp3) is 0.500. The Morgan fingerprint density at radius 3 is 2.89 bits per heavy atom. The number of primary amides is 1. The van der Waals surface area contributed by atoms with Crippen molar-refractivity contribution in [3.63, 3.8) is 0 Å². The Bertz CT molecular complexity index is 502. The Morgan fingerprint density at radius 1 is 1.26 bits per heavy atom. The average Bonchev–Trinajstić information content (AvgIpc) is 2.86. The van der Waals surface area contributed by atoms with Crippen LogP contribution in [0.1, 0.15) is 23.2 Å². The van der Waals surface area contributed by atoms with Crippen LogP contribution in [0.3, 0.4) is 0 Å².